The lowest BCUT2D eigenvalue weighted by Gasteiger charge is -2.17. The molecule has 3 aromatic rings. The molecule has 32 heavy (non-hydrogen) atoms. The highest BCUT2D eigenvalue weighted by atomic mass is 19.1. The Balaban J connectivity index is 1.86. The highest BCUT2D eigenvalue weighted by Crippen LogP contribution is 2.39. The normalized spacial score (nSPS) is 12.7. The number of carbonyl (C=O) groups excluding carboxylic acids is 2. The van der Waals surface area contributed by atoms with Crippen LogP contribution in [0, 0.1) is 5.82 Å². The van der Waals surface area contributed by atoms with Crippen LogP contribution >= 0.6 is 0 Å². The van der Waals surface area contributed by atoms with Gasteiger partial charge < -0.3 is 25.4 Å². The van der Waals surface area contributed by atoms with E-state index in [1.54, 1.807) is 23.0 Å². The second-order valence-electron chi connectivity index (χ2n) is 6.90. The number of benzene rings is 1. The van der Waals surface area contributed by atoms with Gasteiger partial charge in [-0.25, -0.2) is 4.39 Å². The Kier molecular flexibility index (Phi) is 5.99. The van der Waals surface area contributed by atoms with Crippen molar-refractivity contribution in [2.75, 3.05) is 38.0 Å². The molecule has 0 atom stereocenters. The molecule has 1 aromatic carbocycles. The van der Waals surface area contributed by atoms with Gasteiger partial charge in [0.15, 0.2) is 11.6 Å². The van der Waals surface area contributed by atoms with Crippen LogP contribution in [0.1, 0.15) is 10.5 Å². The van der Waals surface area contributed by atoms with Crippen LogP contribution in [0.3, 0.4) is 0 Å². The van der Waals surface area contributed by atoms with Gasteiger partial charge in [-0.05, 0) is 18.2 Å². The van der Waals surface area contributed by atoms with Crippen molar-refractivity contribution in [2.45, 2.75) is 6.54 Å². The van der Waals surface area contributed by atoms with Gasteiger partial charge in [-0.2, -0.15) is 5.10 Å². The number of ether oxygens (including phenoxy) is 2. The third kappa shape index (κ3) is 3.97. The summed E-state index contributed by atoms with van der Waals surface area (Å²) in [5, 5.41) is 13.2. The highest BCUT2D eigenvalue weighted by molar-refractivity contribution is 6.05. The average molecular weight is 440 g/mol. The molecule has 0 fully saturated rings. The van der Waals surface area contributed by atoms with Crippen LogP contribution in [-0.2, 0) is 16.1 Å². The van der Waals surface area contributed by atoms with E-state index in [0.29, 0.717) is 41.4 Å². The number of nitrogens with zero attached hydrogens (tertiary/aromatic N) is 3. The van der Waals surface area contributed by atoms with E-state index >= 15 is 0 Å². The highest BCUT2D eigenvalue weighted by Gasteiger charge is 2.29. The maximum absolute atomic E-state index is 14.3. The fourth-order valence-electron chi connectivity index (χ4n) is 3.49. The number of aromatic nitrogens is 3. The molecule has 0 saturated carbocycles. The summed E-state index contributed by atoms with van der Waals surface area (Å²) in [7, 11) is 2.77. The molecule has 0 spiro atoms. The molecule has 0 bridgehead atoms. The van der Waals surface area contributed by atoms with Gasteiger partial charge in [-0.1, -0.05) is 6.07 Å². The molecule has 1 aliphatic rings. The minimum Gasteiger partial charge on any atom is -0.492 e. The maximum Gasteiger partial charge on any atom is 0.271 e. The van der Waals surface area contributed by atoms with Crippen LogP contribution in [0.2, 0.25) is 0 Å². The molecule has 0 unspecified atom stereocenters. The molecule has 0 aliphatic carbocycles. The fraction of sp³-hybridized carbons (Fsp3) is 0.238. The Labute approximate surface area is 182 Å². The lowest BCUT2D eigenvalue weighted by Crippen LogP contribution is -2.35. The van der Waals surface area contributed by atoms with Crippen LogP contribution in [-0.4, -0.2) is 54.0 Å². The fourth-order valence-corrected chi connectivity index (χ4v) is 3.49. The topological polar surface area (TPSA) is 119 Å². The molecule has 0 radical (unpaired) electrons. The monoisotopic (exact) mass is 440 g/mol. The first-order valence-electron chi connectivity index (χ1n) is 9.75. The summed E-state index contributed by atoms with van der Waals surface area (Å²) in [5.41, 5.74) is 2.25. The number of carbonyl (C=O) groups is 2. The number of para-hydroxylation sites is 1. The molecule has 3 N–H and O–H groups in total. The summed E-state index contributed by atoms with van der Waals surface area (Å²) in [6, 6.07) is 6.10. The first-order valence-corrected chi connectivity index (χ1v) is 9.75. The van der Waals surface area contributed by atoms with Gasteiger partial charge in [-0.15, -0.1) is 0 Å². The van der Waals surface area contributed by atoms with Crippen LogP contribution in [0.15, 0.2) is 36.7 Å². The van der Waals surface area contributed by atoms with E-state index in [0.717, 1.165) is 0 Å². The zero-order valence-corrected chi connectivity index (χ0v) is 17.4. The number of methoxy groups -OCH3 is 2. The van der Waals surface area contributed by atoms with Crippen LogP contribution in [0.4, 0.5) is 21.5 Å². The second-order valence-corrected chi connectivity index (χ2v) is 6.90. The maximum atomic E-state index is 14.3. The van der Waals surface area contributed by atoms with Gasteiger partial charge >= 0.3 is 0 Å². The van der Waals surface area contributed by atoms with Crippen molar-refractivity contribution in [3.8, 4) is 17.0 Å². The number of halogens is 1. The van der Waals surface area contributed by atoms with E-state index in [-0.39, 0.29) is 29.9 Å². The third-order valence-corrected chi connectivity index (χ3v) is 4.83. The summed E-state index contributed by atoms with van der Waals surface area (Å²) >= 11 is 0. The largest absolute Gasteiger partial charge is 0.492 e. The summed E-state index contributed by atoms with van der Waals surface area (Å²) in [6.45, 7) is 0.734. The Morgan fingerprint density at radius 2 is 2.12 bits per heavy atom. The van der Waals surface area contributed by atoms with Crippen LogP contribution < -0.4 is 20.7 Å². The van der Waals surface area contributed by atoms with Crippen molar-refractivity contribution in [3.05, 3.63) is 48.2 Å². The second kappa shape index (κ2) is 9.02. The zero-order chi connectivity index (χ0) is 22.7. The molecular weight excluding hydrogens is 419 g/mol. The number of anilines is 3. The van der Waals surface area contributed by atoms with E-state index < -0.39 is 5.82 Å². The van der Waals surface area contributed by atoms with Crippen molar-refractivity contribution in [3.63, 3.8) is 0 Å². The van der Waals surface area contributed by atoms with E-state index in [2.05, 4.69) is 26.0 Å². The van der Waals surface area contributed by atoms with E-state index in [1.165, 1.54) is 32.5 Å². The van der Waals surface area contributed by atoms with Gasteiger partial charge in [0.25, 0.3) is 5.91 Å². The Morgan fingerprint density at radius 1 is 1.28 bits per heavy atom. The molecule has 0 saturated heterocycles. The van der Waals surface area contributed by atoms with Gasteiger partial charge in [-0.3, -0.25) is 19.3 Å². The summed E-state index contributed by atoms with van der Waals surface area (Å²) in [6.07, 6.45) is 3.03. The third-order valence-electron chi connectivity index (χ3n) is 4.83. The molecule has 4 rings (SSSR count). The molecule has 2 amide bonds. The number of amides is 2. The first-order chi connectivity index (χ1) is 15.5. The molecular formula is C21H21FN6O4. The standard InChI is InChI=1S/C21H21FN6O4/c1-31-11-16(29)25-15-10-23-7-6-12(15)17-18(19-21(30)24-8-9-28(19)27-17)26-14-5-3-4-13(22)20(14)32-2/h3-7,10,26H,8-9,11H2,1-2H3,(H,24,30)(H,25,29). The van der Waals surface area contributed by atoms with Crippen molar-refractivity contribution in [1.29, 1.82) is 0 Å². The molecule has 10 nitrogen and oxygen atoms in total. The van der Waals surface area contributed by atoms with Crippen molar-refractivity contribution in [1.82, 2.24) is 20.1 Å². The minimum atomic E-state index is -0.555. The van der Waals surface area contributed by atoms with Gasteiger partial charge in [0, 0.05) is 25.4 Å². The summed E-state index contributed by atoms with van der Waals surface area (Å²) < 4.78 is 25.9. The van der Waals surface area contributed by atoms with Crippen LogP contribution in [0.5, 0.6) is 5.75 Å². The SMILES string of the molecule is COCC(=O)Nc1cnccc1-c1nn2c(c1Nc1cccc(F)c1OC)C(=O)NCC2. The smallest absolute Gasteiger partial charge is 0.271 e. The van der Waals surface area contributed by atoms with Crippen molar-refractivity contribution < 1.29 is 23.5 Å². The number of pyridine rings is 1. The average Bonchev–Trinajstić information content (AvgIpc) is 3.14. The number of hydrogen-bond donors (Lipinski definition) is 3. The van der Waals surface area contributed by atoms with E-state index in [4.69, 9.17) is 9.47 Å². The Hall–Kier alpha value is -3.99. The van der Waals surface area contributed by atoms with E-state index in [1.807, 2.05) is 0 Å². The number of fused-ring (bicyclic) bond motifs is 1. The lowest BCUT2D eigenvalue weighted by molar-refractivity contribution is -0.119. The molecule has 11 heteroatoms. The van der Waals surface area contributed by atoms with Crippen molar-refractivity contribution >= 4 is 28.9 Å². The minimum absolute atomic E-state index is 0.00188. The number of rotatable bonds is 7. The molecule has 166 valence electrons. The van der Waals surface area contributed by atoms with Gasteiger partial charge in [0.1, 0.15) is 18.0 Å². The zero-order valence-electron chi connectivity index (χ0n) is 17.4. The Bertz CT molecular complexity index is 1180. The van der Waals surface area contributed by atoms with Gasteiger partial charge in [0.2, 0.25) is 5.91 Å². The van der Waals surface area contributed by atoms with Crippen molar-refractivity contribution in [2.24, 2.45) is 0 Å². The molecule has 1 aliphatic heterocycles. The lowest BCUT2D eigenvalue weighted by atomic mass is 10.1. The van der Waals surface area contributed by atoms with E-state index in [9.17, 15) is 14.0 Å². The Morgan fingerprint density at radius 3 is 2.91 bits per heavy atom. The molecule has 3 heterocycles. The summed E-state index contributed by atoms with van der Waals surface area (Å²) in [4.78, 5) is 28.9. The predicted molar refractivity (Wildman–Crippen MR) is 115 cm³/mol. The summed E-state index contributed by atoms with van der Waals surface area (Å²) in [5.74, 6) is -1.25. The number of nitrogens with one attached hydrogen (secondary N) is 3. The quantitative estimate of drug-likeness (QED) is 0.515. The first kappa shape index (κ1) is 21.2. The predicted octanol–water partition coefficient (Wildman–Crippen LogP) is 2.16. The van der Waals surface area contributed by atoms with Crippen LogP contribution in [0.25, 0.3) is 11.3 Å². The molecule has 2 aromatic heterocycles. The number of hydrogen-bond acceptors (Lipinski definition) is 7. The van der Waals surface area contributed by atoms with Gasteiger partial charge in [0.05, 0.1) is 36.9 Å².